The number of amides is 1. The molecule has 0 bridgehead atoms. The average Bonchev–Trinajstić information content (AvgIpc) is 2.75. The Balaban J connectivity index is 0.00000544. The number of likely N-dealkylation sites (N-methyl/N-ethyl adjacent to an activating group) is 1. The predicted octanol–water partition coefficient (Wildman–Crippen LogP) is 3.52. The average molecular weight is 577 g/mol. The molecule has 0 aromatic heterocycles. The van der Waals surface area contributed by atoms with Crippen LogP contribution in [0.5, 0.6) is 0 Å². The Hall–Kier alpha value is -2.34. The molecule has 0 aliphatic heterocycles. The van der Waals surface area contributed by atoms with E-state index < -0.39 is 11.7 Å². The fourth-order valence-corrected chi connectivity index (χ4v) is 2.91. The van der Waals surface area contributed by atoms with Crippen LogP contribution in [0.3, 0.4) is 0 Å². The van der Waals surface area contributed by atoms with Crippen molar-refractivity contribution >= 4 is 35.8 Å². The molecule has 1 amide bonds. The number of halogens is 4. The highest BCUT2D eigenvalue weighted by Gasteiger charge is 2.29. The third-order valence-corrected chi connectivity index (χ3v) is 4.70. The van der Waals surface area contributed by atoms with E-state index in [0.29, 0.717) is 37.6 Å². The van der Waals surface area contributed by atoms with Gasteiger partial charge in [-0.15, -0.1) is 24.0 Å². The number of carbonyl (C=O) groups is 1. The second-order valence-corrected chi connectivity index (χ2v) is 7.56. The lowest BCUT2D eigenvalue weighted by Crippen LogP contribution is -2.38. The SMILES string of the molecule is CN=C(NCCc1ccc(C(F)(F)F)cc1)NCc1cccc(C(=O)NCCN(C)C)c1.I. The van der Waals surface area contributed by atoms with Gasteiger partial charge in [-0.25, -0.2) is 0 Å². The molecular weight excluding hydrogens is 546 g/mol. The van der Waals surface area contributed by atoms with Crippen molar-refractivity contribution in [3.8, 4) is 0 Å². The molecule has 0 unspecified atom stereocenters. The third-order valence-electron chi connectivity index (χ3n) is 4.70. The summed E-state index contributed by atoms with van der Waals surface area (Å²) >= 11 is 0. The molecule has 2 rings (SSSR count). The van der Waals surface area contributed by atoms with Gasteiger partial charge in [0.1, 0.15) is 0 Å². The summed E-state index contributed by atoms with van der Waals surface area (Å²) in [6, 6.07) is 12.5. The van der Waals surface area contributed by atoms with Gasteiger partial charge in [0.25, 0.3) is 5.91 Å². The molecule has 6 nitrogen and oxygen atoms in total. The molecule has 3 N–H and O–H groups in total. The van der Waals surface area contributed by atoms with Crippen LogP contribution in [0.1, 0.15) is 27.0 Å². The monoisotopic (exact) mass is 577 g/mol. The summed E-state index contributed by atoms with van der Waals surface area (Å²) in [6.07, 6.45) is -3.77. The second kappa shape index (κ2) is 14.0. The van der Waals surface area contributed by atoms with E-state index in [4.69, 9.17) is 0 Å². The summed E-state index contributed by atoms with van der Waals surface area (Å²) in [4.78, 5) is 18.4. The van der Waals surface area contributed by atoms with E-state index in [2.05, 4.69) is 20.9 Å². The van der Waals surface area contributed by atoms with Gasteiger partial charge in [-0.1, -0.05) is 24.3 Å². The van der Waals surface area contributed by atoms with E-state index in [-0.39, 0.29) is 29.9 Å². The number of nitrogens with zero attached hydrogens (tertiary/aromatic N) is 2. The van der Waals surface area contributed by atoms with Gasteiger partial charge in [0.05, 0.1) is 5.56 Å². The molecule has 10 heteroatoms. The first-order valence-electron chi connectivity index (χ1n) is 10.3. The highest BCUT2D eigenvalue weighted by molar-refractivity contribution is 14.0. The summed E-state index contributed by atoms with van der Waals surface area (Å²) in [5, 5.41) is 9.21. The fourth-order valence-electron chi connectivity index (χ4n) is 2.91. The quantitative estimate of drug-likeness (QED) is 0.243. The first-order chi connectivity index (χ1) is 15.2. The lowest BCUT2D eigenvalue weighted by atomic mass is 10.1. The second-order valence-electron chi connectivity index (χ2n) is 7.56. The summed E-state index contributed by atoms with van der Waals surface area (Å²) in [7, 11) is 5.54. The Kier molecular flexibility index (Phi) is 12.2. The van der Waals surface area contributed by atoms with Crippen LogP contribution in [0.2, 0.25) is 0 Å². The van der Waals surface area contributed by atoms with Crippen LogP contribution in [-0.4, -0.2) is 57.5 Å². The van der Waals surface area contributed by atoms with Crippen LogP contribution >= 0.6 is 24.0 Å². The molecule has 0 saturated carbocycles. The largest absolute Gasteiger partial charge is 0.416 e. The Morgan fingerprint density at radius 1 is 0.970 bits per heavy atom. The van der Waals surface area contributed by atoms with E-state index in [1.807, 2.05) is 37.2 Å². The van der Waals surface area contributed by atoms with Crippen LogP contribution in [-0.2, 0) is 19.1 Å². The molecular formula is C23H31F3IN5O. The molecule has 2 aromatic rings. The number of rotatable bonds is 9. The smallest absolute Gasteiger partial charge is 0.356 e. The molecule has 0 radical (unpaired) electrons. The molecule has 0 fully saturated rings. The lowest BCUT2D eigenvalue weighted by Gasteiger charge is -2.13. The van der Waals surface area contributed by atoms with Crippen LogP contribution in [0, 0.1) is 0 Å². The van der Waals surface area contributed by atoms with Crippen LogP contribution in [0.15, 0.2) is 53.5 Å². The van der Waals surface area contributed by atoms with Crippen molar-refractivity contribution in [2.75, 3.05) is 40.8 Å². The number of aliphatic imine (C=N–C) groups is 1. The van der Waals surface area contributed by atoms with E-state index in [1.165, 1.54) is 12.1 Å². The minimum atomic E-state index is -4.33. The Bertz CT molecular complexity index is 902. The minimum Gasteiger partial charge on any atom is -0.356 e. The molecule has 182 valence electrons. The van der Waals surface area contributed by atoms with Gasteiger partial charge in [-0.3, -0.25) is 9.79 Å². The highest BCUT2D eigenvalue weighted by Crippen LogP contribution is 2.29. The van der Waals surface area contributed by atoms with E-state index in [1.54, 1.807) is 13.1 Å². The first kappa shape index (κ1) is 28.7. The van der Waals surface area contributed by atoms with Gasteiger partial charge >= 0.3 is 6.18 Å². The molecule has 0 heterocycles. The maximum Gasteiger partial charge on any atom is 0.416 e. The topological polar surface area (TPSA) is 68.8 Å². The van der Waals surface area contributed by atoms with Gasteiger partial charge in [-0.05, 0) is 55.9 Å². The number of hydrogen-bond acceptors (Lipinski definition) is 3. The standard InChI is InChI=1S/C23H30F3N5O.HI/c1-27-22(29-12-11-17-7-9-20(10-8-17)23(24,25)26)30-16-18-5-4-6-19(15-18)21(32)28-13-14-31(2)3;/h4-10,15H,11-14,16H2,1-3H3,(H,28,32)(H2,27,29,30);1H. The highest BCUT2D eigenvalue weighted by atomic mass is 127. The van der Waals surface area contributed by atoms with Crippen LogP contribution in [0.25, 0.3) is 0 Å². The van der Waals surface area contributed by atoms with Crippen molar-refractivity contribution in [2.24, 2.45) is 4.99 Å². The van der Waals surface area contributed by atoms with Crippen molar-refractivity contribution in [2.45, 2.75) is 19.1 Å². The number of carbonyl (C=O) groups excluding carboxylic acids is 1. The van der Waals surface area contributed by atoms with E-state index in [0.717, 1.165) is 29.8 Å². The minimum absolute atomic E-state index is 0. The summed E-state index contributed by atoms with van der Waals surface area (Å²) in [6.45, 7) is 2.32. The van der Waals surface area contributed by atoms with Crippen molar-refractivity contribution in [3.63, 3.8) is 0 Å². The number of benzene rings is 2. The van der Waals surface area contributed by atoms with Crippen molar-refractivity contribution in [3.05, 3.63) is 70.8 Å². The van der Waals surface area contributed by atoms with E-state index in [9.17, 15) is 18.0 Å². The third kappa shape index (κ3) is 10.4. The lowest BCUT2D eigenvalue weighted by molar-refractivity contribution is -0.137. The van der Waals surface area contributed by atoms with Gasteiger partial charge < -0.3 is 20.9 Å². The Labute approximate surface area is 210 Å². The molecule has 0 aliphatic rings. The summed E-state index contributed by atoms with van der Waals surface area (Å²) in [5.41, 5.74) is 1.67. The molecule has 0 spiro atoms. The molecule has 2 aromatic carbocycles. The van der Waals surface area contributed by atoms with Crippen molar-refractivity contribution < 1.29 is 18.0 Å². The zero-order chi connectivity index (χ0) is 23.6. The zero-order valence-corrected chi connectivity index (χ0v) is 21.3. The van der Waals surface area contributed by atoms with Crippen LogP contribution < -0.4 is 16.0 Å². The number of nitrogens with one attached hydrogen (secondary N) is 3. The Morgan fingerprint density at radius 3 is 2.27 bits per heavy atom. The number of alkyl halides is 3. The first-order valence-corrected chi connectivity index (χ1v) is 10.3. The maximum absolute atomic E-state index is 12.6. The zero-order valence-electron chi connectivity index (χ0n) is 19.0. The normalized spacial score (nSPS) is 11.7. The van der Waals surface area contributed by atoms with Gasteiger partial charge in [-0.2, -0.15) is 13.2 Å². The summed E-state index contributed by atoms with van der Waals surface area (Å²) in [5.74, 6) is 0.450. The molecule has 0 atom stereocenters. The molecule has 0 aliphatic carbocycles. The molecule has 0 saturated heterocycles. The van der Waals surface area contributed by atoms with Gasteiger partial charge in [0.15, 0.2) is 5.96 Å². The molecule has 33 heavy (non-hydrogen) atoms. The number of guanidine groups is 1. The fraction of sp³-hybridized carbons (Fsp3) is 0.391. The maximum atomic E-state index is 12.6. The summed E-state index contributed by atoms with van der Waals surface area (Å²) < 4.78 is 37.9. The van der Waals surface area contributed by atoms with Gasteiger partial charge in [0.2, 0.25) is 0 Å². The Morgan fingerprint density at radius 2 is 1.67 bits per heavy atom. The van der Waals surface area contributed by atoms with Crippen LogP contribution in [0.4, 0.5) is 13.2 Å². The predicted molar refractivity (Wildman–Crippen MR) is 136 cm³/mol. The van der Waals surface area contributed by atoms with Crippen molar-refractivity contribution in [1.29, 1.82) is 0 Å². The van der Waals surface area contributed by atoms with Gasteiger partial charge in [0, 0.05) is 38.8 Å². The van der Waals surface area contributed by atoms with Crippen molar-refractivity contribution in [1.82, 2.24) is 20.9 Å². The van der Waals surface area contributed by atoms with E-state index >= 15 is 0 Å². The number of hydrogen-bond donors (Lipinski definition) is 3.